The molecule has 0 aliphatic heterocycles. The van der Waals surface area contributed by atoms with Gasteiger partial charge in [0.1, 0.15) is 11.6 Å². The van der Waals surface area contributed by atoms with Crippen molar-refractivity contribution in [2.45, 2.75) is 51.1 Å². The van der Waals surface area contributed by atoms with Gasteiger partial charge >= 0.3 is 0 Å². The van der Waals surface area contributed by atoms with Crippen molar-refractivity contribution in [3.8, 4) is 5.75 Å². The van der Waals surface area contributed by atoms with E-state index in [4.69, 9.17) is 4.74 Å². The Kier molecular flexibility index (Phi) is 5.65. The minimum absolute atomic E-state index is 0.607. The van der Waals surface area contributed by atoms with Gasteiger partial charge in [-0.1, -0.05) is 6.92 Å². The molecule has 20 heavy (non-hydrogen) atoms. The van der Waals surface area contributed by atoms with E-state index >= 15 is 0 Å². The van der Waals surface area contributed by atoms with Gasteiger partial charge in [0.05, 0.1) is 13.3 Å². The number of hydrogen-bond donors (Lipinski definition) is 1. The van der Waals surface area contributed by atoms with Crippen LogP contribution < -0.4 is 15.0 Å². The summed E-state index contributed by atoms with van der Waals surface area (Å²) in [5.74, 6) is 1.85. The summed E-state index contributed by atoms with van der Waals surface area (Å²) in [6.07, 6.45) is 8.03. The molecule has 4 heteroatoms. The number of pyridine rings is 1. The van der Waals surface area contributed by atoms with E-state index < -0.39 is 0 Å². The van der Waals surface area contributed by atoms with E-state index in [2.05, 4.69) is 29.2 Å². The fourth-order valence-corrected chi connectivity index (χ4v) is 2.90. The number of aromatic nitrogens is 1. The molecular formula is C16H27N3O. The summed E-state index contributed by atoms with van der Waals surface area (Å²) in [5.41, 5.74) is 0. The average molecular weight is 277 g/mol. The van der Waals surface area contributed by atoms with Gasteiger partial charge in [-0.2, -0.15) is 0 Å². The molecule has 1 aromatic rings. The highest BCUT2D eigenvalue weighted by molar-refractivity contribution is 5.41. The quantitative estimate of drug-likeness (QED) is 0.867. The van der Waals surface area contributed by atoms with Crippen LogP contribution in [0.5, 0.6) is 5.75 Å². The van der Waals surface area contributed by atoms with Gasteiger partial charge in [0.15, 0.2) is 0 Å². The van der Waals surface area contributed by atoms with E-state index in [1.165, 1.54) is 32.1 Å². The van der Waals surface area contributed by atoms with E-state index in [9.17, 15) is 0 Å². The molecule has 1 aliphatic rings. The molecule has 1 saturated carbocycles. The molecule has 1 N–H and O–H groups in total. The number of rotatable bonds is 6. The van der Waals surface area contributed by atoms with Crippen LogP contribution in [0.3, 0.4) is 0 Å². The highest BCUT2D eigenvalue weighted by atomic mass is 16.5. The standard InChI is InChI=1S/C16H27N3O/c1-4-11-17-13-5-7-14(8-6-13)19(2)16-10-9-15(20-3)12-18-16/h9-10,12-14,17H,4-8,11H2,1-3H3. The van der Waals surface area contributed by atoms with Crippen LogP contribution in [0.2, 0.25) is 0 Å². The highest BCUT2D eigenvalue weighted by Crippen LogP contribution is 2.26. The second-order valence-electron chi connectivity index (χ2n) is 5.63. The van der Waals surface area contributed by atoms with E-state index in [-0.39, 0.29) is 0 Å². The third kappa shape index (κ3) is 3.85. The van der Waals surface area contributed by atoms with Gasteiger partial charge in [0.2, 0.25) is 0 Å². The highest BCUT2D eigenvalue weighted by Gasteiger charge is 2.24. The van der Waals surface area contributed by atoms with Gasteiger partial charge in [-0.05, 0) is 50.8 Å². The molecule has 0 aromatic carbocycles. The number of nitrogens with zero attached hydrogens (tertiary/aromatic N) is 2. The zero-order chi connectivity index (χ0) is 14.4. The van der Waals surface area contributed by atoms with Crippen molar-refractivity contribution in [3.63, 3.8) is 0 Å². The molecule has 1 heterocycles. The Labute approximate surface area is 122 Å². The molecule has 4 nitrogen and oxygen atoms in total. The topological polar surface area (TPSA) is 37.4 Å². The molecule has 1 aliphatic carbocycles. The van der Waals surface area contributed by atoms with Gasteiger partial charge in [-0.3, -0.25) is 0 Å². The van der Waals surface area contributed by atoms with Gasteiger partial charge in [0.25, 0.3) is 0 Å². The Morgan fingerprint density at radius 1 is 1.30 bits per heavy atom. The lowest BCUT2D eigenvalue weighted by molar-refractivity contribution is 0.336. The van der Waals surface area contributed by atoms with Gasteiger partial charge in [0, 0.05) is 19.1 Å². The Hall–Kier alpha value is -1.29. The molecule has 0 spiro atoms. The van der Waals surface area contributed by atoms with Crippen LogP contribution >= 0.6 is 0 Å². The number of nitrogens with one attached hydrogen (secondary N) is 1. The molecule has 0 unspecified atom stereocenters. The minimum atomic E-state index is 0.607. The summed E-state index contributed by atoms with van der Waals surface area (Å²) in [6.45, 7) is 3.37. The molecule has 1 fully saturated rings. The number of methoxy groups -OCH3 is 1. The first kappa shape index (κ1) is 15.1. The fraction of sp³-hybridized carbons (Fsp3) is 0.688. The Bertz CT molecular complexity index is 385. The van der Waals surface area contributed by atoms with Gasteiger partial charge in [-0.15, -0.1) is 0 Å². The summed E-state index contributed by atoms with van der Waals surface area (Å²) < 4.78 is 5.16. The Morgan fingerprint density at radius 3 is 2.60 bits per heavy atom. The zero-order valence-electron chi connectivity index (χ0n) is 12.9. The maximum Gasteiger partial charge on any atom is 0.137 e. The number of ether oxygens (including phenoxy) is 1. The lowest BCUT2D eigenvalue weighted by Crippen LogP contribution is -2.41. The number of anilines is 1. The third-order valence-corrected chi connectivity index (χ3v) is 4.25. The summed E-state index contributed by atoms with van der Waals surface area (Å²) in [7, 11) is 3.82. The van der Waals surface area contributed by atoms with E-state index in [0.29, 0.717) is 12.1 Å². The van der Waals surface area contributed by atoms with Gasteiger partial charge < -0.3 is 15.0 Å². The maximum atomic E-state index is 5.16. The maximum absolute atomic E-state index is 5.16. The second kappa shape index (κ2) is 7.48. The molecule has 1 aromatic heterocycles. The van der Waals surface area contributed by atoms with Crippen LogP contribution in [0, 0.1) is 0 Å². The molecular weight excluding hydrogens is 250 g/mol. The Balaban J connectivity index is 1.85. The Morgan fingerprint density at radius 2 is 2.05 bits per heavy atom. The van der Waals surface area contributed by atoms with Crippen LogP contribution in [0.15, 0.2) is 18.3 Å². The number of hydrogen-bond acceptors (Lipinski definition) is 4. The predicted molar refractivity (Wildman–Crippen MR) is 83.5 cm³/mol. The van der Waals surface area contributed by atoms with E-state index in [1.807, 2.05) is 12.1 Å². The van der Waals surface area contributed by atoms with Crippen molar-refractivity contribution in [3.05, 3.63) is 18.3 Å². The lowest BCUT2D eigenvalue weighted by Gasteiger charge is -2.35. The van der Waals surface area contributed by atoms with Crippen LogP contribution in [0.1, 0.15) is 39.0 Å². The van der Waals surface area contributed by atoms with Crippen molar-refractivity contribution < 1.29 is 4.74 Å². The van der Waals surface area contributed by atoms with E-state index in [1.54, 1.807) is 13.3 Å². The third-order valence-electron chi connectivity index (χ3n) is 4.25. The molecule has 0 saturated heterocycles. The van der Waals surface area contributed by atoms with Crippen molar-refractivity contribution in [2.75, 3.05) is 25.6 Å². The van der Waals surface area contributed by atoms with Crippen LogP contribution in [-0.2, 0) is 0 Å². The second-order valence-corrected chi connectivity index (χ2v) is 5.63. The molecule has 2 rings (SSSR count). The minimum Gasteiger partial charge on any atom is -0.495 e. The first-order chi connectivity index (χ1) is 9.74. The van der Waals surface area contributed by atoms with Crippen molar-refractivity contribution in [2.24, 2.45) is 0 Å². The normalized spacial score (nSPS) is 22.6. The van der Waals surface area contributed by atoms with Crippen LogP contribution in [-0.4, -0.2) is 37.8 Å². The van der Waals surface area contributed by atoms with Crippen molar-refractivity contribution in [1.82, 2.24) is 10.3 Å². The monoisotopic (exact) mass is 277 g/mol. The summed E-state index contributed by atoms with van der Waals surface area (Å²) in [5, 5.41) is 3.63. The first-order valence-corrected chi connectivity index (χ1v) is 7.70. The average Bonchev–Trinajstić information content (AvgIpc) is 2.53. The van der Waals surface area contributed by atoms with Gasteiger partial charge in [-0.25, -0.2) is 4.98 Å². The molecule has 0 amide bonds. The van der Waals surface area contributed by atoms with E-state index in [0.717, 1.165) is 18.1 Å². The molecule has 112 valence electrons. The summed E-state index contributed by atoms with van der Waals surface area (Å²) >= 11 is 0. The SMILES string of the molecule is CCCNC1CCC(N(C)c2ccc(OC)cn2)CC1. The lowest BCUT2D eigenvalue weighted by atomic mass is 9.90. The van der Waals surface area contributed by atoms with Crippen LogP contribution in [0.25, 0.3) is 0 Å². The fourth-order valence-electron chi connectivity index (χ4n) is 2.90. The van der Waals surface area contributed by atoms with Crippen molar-refractivity contribution in [1.29, 1.82) is 0 Å². The molecule has 0 radical (unpaired) electrons. The summed E-state index contributed by atoms with van der Waals surface area (Å²) in [6, 6.07) is 5.34. The molecule has 0 atom stereocenters. The zero-order valence-corrected chi connectivity index (χ0v) is 12.9. The molecule has 0 bridgehead atoms. The first-order valence-electron chi connectivity index (χ1n) is 7.70. The smallest absolute Gasteiger partial charge is 0.137 e. The van der Waals surface area contributed by atoms with Crippen molar-refractivity contribution >= 4 is 5.82 Å². The summed E-state index contributed by atoms with van der Waals surface area (Å²) in [4.78, 5) is 6.79. The van der Waals surface area contributed by atoms with Crippen LogP contribution in [0.4, 0.5) is 5.82 Å². The predicted octanol–water partition coefficient (Wildman–Crippen LogP) is 2.84. The largest absolute Gasteiger partial charge is 0.495 e.